The van der Waals surface area contributed by atoms with Crippen molar-refractivity contribution in [2.75, 3.05) is 5.32 Å². The van der Waals surface area contributed by atoms with Crippen LogP contribution in [0.1, 0.15) is 48.8 Å². The van der Waals surface area contributed by atoms with Crippen molar-refractivity contribution < 1.29 is 4.79 Å². The fourth-order valence-corrected chi connectivity index (χ4v) is 5.24. The average Bonchev–Trinajstić information content (AvgIpc) is 2.96. The molecule has 3 rings (SSSR count). The molecular formula is C22H22Cl2N2OS. The molecular weight excluding hydrogens is 411 g/mol. The van der Waals surface area contributed by atoms with Crippen molar-refractivity contribution in [1.82, 2.24) is 0 Å². The van der Waals surface area contributed by atoms with E-state index in [1.54, 1.807) is 24.3 Å². The highest BCUT2D eigenvalue weighted by molar-refractivity contribution is 7.16. The molecule has 146 valence electrons. The lowest BCUT2D eigenvalue weighted by atomic mass is 9.72. The predicted octanol–water partition coefficient (Wildman–Crippen LogP) is 6.73. The number of amides is 1. The fourth-order valence-electron chi connectivity index (χ4n) is 3.49. The molecule has 1 amide bonds. The second-order valence-electron chi connectivity index (χ2n) is 8.11. The summed E-state index contributed by atoms with van der Waals surface area (Å²) in [5.74, 6) is 0.300. The molecule has 1 heterocycles. The van der Waals surface area contributed by atoms with Gasteiger partial charge >= 0.3 is 0 Å². The smallest absolute Gasteiger partial charge is 0.249 e. The molecule has 6 heteroatoms. The van der Waals surface area contributed by atoms with Crippen molar-refractivity contribution in [2.45, 2.75) is 40.0 Å². The predicted molar refractivity (Wildman–Crippen MR) is 118 cm³/mol. The van der Waals surface area contributed by atoms with Crippen molar-refractivity contribution in [3.05, 3.63) is 55.9 Å². The first kappa shape index (κ1) is 20.9. The van der Waals surface area contributed by atoms with Crippen molar-refractivity contribution in [3.63, 3.8) is 0 Å². The number of carbonyl (C=O) groups is 1. The number of thiophene rings is 1. The molecule has 1 aliphatic rings. The van der Waals surface area contributed by atoms with Crippen LogP contribution in [0.2, 0.25) is 10.0 Å². The topological polar surface area (TPSA) is 52.9 Å². The fraction of sp³-hybridized carbons (Fsp3) is 0.364. The summed E-state index contributed by atoms with van der Waals surface area (Å²) in [5.41, 5.74) is 2.66. The van der Waals surface area contributed by atoms with Crippen LogP contribution in [-0.4, -0.2) is 5.91 Å². The molecule has 28 heavy (non-hydrogen) atoms. The molecule has 1 N–H and O–H groups in total. The third-order valence-electron chi connectivity index (χ3n) is 5.22. The van der Waals surface area contributed by atoms with E-state index in [0.717, 1.165) is 24.8 Å². The van der Waals surface area contributed by atoms with Gasteiger partial charge in [-0.25, -0.2) is 0 Å². The molecule has 2 aromatic rings. The zero-order chi connectivity index (χ0) is 20.5. The van der Waals surface area contributed by atoms with Gasteiger partial charge in [-0.1, -0.05) is 50.0 Å². The molecule has 0 bridgehead atoms. The van der Waals surface area contributed by atoms with E-state index in [4.69, 9.17) is 23.2 Å². The lowest BCUT2D eigenvalue weighted by Crippen LogP contribution is -2.26. The van der Waals surface area contributed by atoms with E-state index in [1.165, 1.54) is 22.3 Å². The SMILES string of the molecule is CC(C)(C)C1CCc2c(sc(NC(=O)/C=C/c3ccc(Cl)cc3Cl)c2C#N)C1. The summed E-state index contributed by atoms with van der Waals surface area (Å²) in [7, 11) is 0. The molecule has 0 fully saturated rings. The van der Waals surface area contributed by atoms with Crippen molar-refractivity contribution >= 4 is 51.5 Å². The van der Waals surface area contributed by atoms with Gasteiger partial charge in [-0.05, 0) is 59.9 Å². The van der Waals surface area contributed by atoms with Crippen LogP contribution >= 0.6 is 34.5 Å². The normalized spacial score (nSPS) is 16.6. The first-order valence-corrected chi connectivity index (χ1v) is 10.7. The van der Waals surface area contributed by atoms with Gasteiger partial charge in [0.2, 0.25) is 5.91 Å². The highest BCUT2D eigenvalue weighted by Crippen LogP contribution is 2.44. The summed E-state index contributed by atoms with van der Waals surface area (Å²) < 4.78 is 0. The quantitative estimate of drug-likeness (QED) is 0.546. The van der Waals surface area contributed by atoms with Crippen LogP contribution in [0.25, 0.3) is 6.08 Å². The van der Waals surface area contributed by atoms with Crippen LogP contribution in [0.4, 0.5) is 5.00 Å². The van der Waals surface area contributed by atoms with Gasteiger partial charge in [0, 0.05) is 21.0 Å². The summed E-state index contributed by atoms with van der Waals surface area (Å²) in [6.45, 7) is 6.78. The molecule has 0 spiro atoms. The maximum Gasteiger partial charge on any atom is 0.249 e. The van der Waals surface area contributed by atoms with E-state index < -0.39 is 0 Å². The number of hydrogen-bond donors (Lipinski definition) is 1. The van der Waals surface area contributed by atoms with E-state index in [0.29, 0.717) is 32.1 Å². The molecule has 1 unspecified atom stereocenters. The highest BCUT2D eigenvalue weighted by atomic mass is 35.5. The molecule has 3 nitrogen and oxygen atoms in total. The highest BCUT2D eigenvalue weighted by Gasteiger charge is 2.32. The summed E-state index contributed by atoms with van der Waals surface area (Å²) in [4.78, 5) is 13.6. The Hall–Kier alpha value is -1.80. The maximum absolute atomic E-state index is 12.4. The third-order valence-corrected chi connectivity index (χ3v) is 6.95. The molecule has 0 radical (unpaired) electrons. The van der Waals surface area contributed by atoms with Crippen molar-refractivity contribution in [3.8, 4) is 6.07 Å². The first-order chi connectivity index (χ1) is 13.2. The first-order valence-electron chi connectivity index (χ1n) is 9.17. The number of rotatable bonds is 3. The number of fused-ring (bicyclic) bond motifs is 1. The average molecular weight is 433 g/mol. The van der Waals surface area contributed by atoms with Gasteiger partial charge in [-0.15, -0.1) is 11.3 Å². The van der Waals surface area contributed by atoms with Crippen LogP contribution < -0.4 is 5.32 Å². The van der Waals surface area contributed by atoms with E-state index >= 15 is 0 Å². The van der Waals surface area contributed by atoms with Gasteiger partial charge in [-0.3, -0.25) is 4.79 Å². The van der Waals surface area contributed by atoms with Crippen LogP contribution in [0, 0.1) is 22.7 Å². The number of carbonyl (C=O) groups excluding carboxylic acids is 1. The number of nitriles is 1. The lowest BCUT2D eigenvalue weighted by molar-refractivity contribution is -0.111. The molecule has 1 atom stereocenters. The summed E-state index contributed by atoms with van der Waals surface area (Å²) in [5, 5.41) is 14.2. The second-order valence-corrected chi connectivity index (χ2v) is 10.1. The van der Waals surface area contributed by atoms with Gasteiger partial charge in [0.25, 0.3) is 0 Å². The number of halogens is 2. The number of benzene rings is 1. The van der Waals surface area contributed by atoms with Crippen LogP contribution in [-0.2, 0) is 17.6 Å². The monoisotopic (exact) mass is 432 g/mol. The minimum Gasteiger partial charge on any atom is -0.313 e. The van der Waals surface area contributed by atoms with Gasteiger partial charge in [0.05, 0.1) is 5.56 Å². The minimum absolute atomic E-state index is 0.235. The Kier molecular flexibility index (Phi) is 6.19. The number of anilines is 1. The lowest BCUT2D eigenvalue weighted by Gasteiger charge is -2.33. The molecule has 0 saturated carbocycles. The molecule has 0 aliphatic heterocycles. The van der Waals surface area contributed by atoms with E-state index in [-0.39, 0.29) is 11.3 Å². The Morgan fingerprint density at radius 2 is 2.11 bits per heavy atom. The van der Waals surface area contributed by atoms with Crippen LogP contribution in [0.3, 0.4) is 0 Å². The third kappa shape index (κ3) is 4.60. The minimum atomic E-state index is -0.284. The Morgan fingerprint density at radius 3 is 2.75 bits per heavy atom. The second kappa shape index (κ2) is 8.29. The molecule has 1 aliphatic carbocycles. The van der Waals surface area contributed by atoms with Crippen LogP contribution in [0.15, 0.2) is 24.3 Å². The summed E-state index contributed by atoms with van der Waals surface area (Å²) in [6, 6.07) is 7.40. The number of hydrogen-bond acceptors (Lipinski definition) is 3. The molecule has 1 aromatic heterocycles. The molecule has 1 aromatic carbocycles. The maximum atomic E-state index is 12.4. The Bertz CT molecular complexity index is 980. The zero-order valence-corrected chi connectivity index (χ0v) is 18.4. The largest absolute Gasteiger partial charge is 0.313 e. The van der Waals surface area contributed by atoms with Gasteiger partial charge < -0.3 is 5.32 Å². The van der Waals surface area contributed by atoms with E-state index in [1.807, 2.05) is 0 Å². The standard InChI is InChI=1S/C22H22Cl2N2OS/c1-22(2,3)14-6-8-16-17(12-25)21(28-19(16)10-14)26-20(27)9-5-13-4-7-15(23)11-18(13)24/h4-5,7,9,11,14H,6,8,10H2,1-3H3,(H,26,27)/b9-5+. The Morgan fingerprint density at radius 1 is 1.36 bits per heavy atom. The number of nitrogens with zero attached hydrogens (tertiary/aromatic N) is 1. The summed E-state index contributed by atoms with van der Waals surface area (Å²) in [6.07, 6.45) is 5.99. The van der Waals surface area contributed by atoms with Crippen LogP contribution in [0.5, 0.6) is 0 Å². The summed E-state index contributed by atoms with van der Waals surface area (Å²) >= 11 is 13.6. The van der Waals surface area contributed by atoms with Crippen molar-refractivity contribution in [1.29, 1.82) is 5.26 Å². The van der Waals surface area contributed by atoms with Gasteiger partial charge in [0.1, 0.15) is 11.1 Å². The van der Waals surface area contributed by atoms with Crippen molar-refractivity contribution in [2.24, 2.45) is 11.3 Å². The Balaban J connectivity index is 1.78. The van der Waals surface area contributed by atoms with E-state index in [2.05, 4.69) is 32.2 Å². The Labute approximate surface area is 180 Å². The van der Waals surface area contributed by atoms with E-state index in [9.17, 15) is 10.1 Å². The number of nitrogens with one attached hydrogen (secondary N) is 1. The molecule has 0 saturated heterocycles. The zero-order valence-electron chi connectivity index (χ0n) is 16.1. The van der Waals surface area contributed by atoms with Gasteiger partial charge in [-0.2, -0.15) is 5.26 Å². The van der Waals surface area contributed by atoms with Gasteiger partial charge in [0.15, 0.2) is 0 Å².